The van der Waals surface area contributed by atoms with Gasteiger partial charge < -0.3 is 24.6 Å². The number of benzene rings is 1. The van der Waals surface area contributed by atoms with E-state index in [2.05, 4.69) is 0 Å². The Balaban J connectivity index is 1.55. The quantitative estimate of drug-likeness (QED) is 0.849. The van der Waals surface area contributed by atoms with Crippen LogP contribution in [0.15, 0.2) is 18.2 Å². The predicted molar refractivity (Wildman–Crippen MR) is 78.7 cm³/mol. The number of ether oxygens (including phenoxy) is 2. The number of fused-ring (bicyclic) bond motifs is 1. The van der Waals surface area contributed by atoms with E-state index in [4.69, 9.17) is 14.6 Å². The van der Waals surface area contributed by atoms with E-state index in [-0.39, 0.29) is 25.2 Å². The lowest BCUT2D eigenvalue weighted by atomic mass is 9.91. The van der Waals surface area contributed by atoms with Crippen LogP contribution >= 0.6 is 0 Å². The smallest absolute Gasteiger partial charge is 0.231 e. The van der Waals surface area contributed by atoms with Gasteiger partial charge in [0.15, 0.2) is 11.5 Å². The molecule has 0 spiro atoms. The molecule has 0 aliphatic carbocycles. The van der Waals surface area contributed by atoms with Gasteiger partial charge >= 0.3 is 0 Å². The number of carbonyl (C=O) groups excluding carboxylic acids is 1. The van der Waals surface area contributed by atoms with E-state index in [0.717, 1.165) is 24.2 Å². The number of aliphatic hydroxyl groups is 2. The molecule has 3 rings (SSSR count). The molecule has 0 bridgehead atoms. The minimum Gasteiger partial charge on any atom is -0.454 e. The van der Waals surface area contributed by atoms with Gasteiger partial charge in [0.05, 0.1) is 19.1 Å². The van der Waals surface area contributed by atoms with Crippen LogP contribution in [0.2, 0.25) is 0 Å². The van der Waals surface area contributed by atoms with Crippen molar-refractivity contribution in [2.75, 3.05) is 26.5 Å². The van der Waals surface area contributed by atoms with Gasteiger partial charge in [-0.2, -0.15) is 0 Å². The van der Waals surface area contributed by atoms with E-state index in [1.165, 1.54) is 0 Å². The van der Waals surface area contributed by atoms with E-state index >= 15 is 0 Å². The summed E-state index contributed by atoms with van der Waals surface area (Å²) in [6.07, 6.45) is 1.12. The molecule has 1 amide bonds. The van der Waals surface area contributed by atoms with Crippen LogP contribution in [0.25, 0.3) is 0 Å². The zero-order valence-corrected chi connectivity index (χ0v) is 12.4. The Bertz CT molecular complexity index is 539. The molecule has 1 aromatic rings. The second-order valence-corrected chi connectivity index (χ2v) is 5.83. The maximum Gasteiger partial charge on any atom is 0.231 e. The molecule has 0 radical (unpaired) electrons. The first kappa shape index (κ1) is 15.1. The van der Waals surface area contributed by atoms with Crippen molar-refractivity contribution in [2.45, 2.75) is 25.4 Å². The molecule has 1 fully saturated rings. The Kier molecular flexibility index (Phi) is 4.49. The molecular formula is C16H21NO5. The fourth-order valence-corrected chi connectivity index (χ4v) is 3.02. The summed E-state index contributed by atoms with van der Waals surface area (Å²) in [5.74, 6) is 1.57. The minimum atomic E-state index is -0.675. The fourth-order valence-electron chi connectivity index (χ4n) is 3.02. The first-order valence-corrected chi connectivity index (χ1v) is 7.62. The number of amides is 1. The van der Waals surface area contributed by atoms with Gasteiger partial charge in [-0.1, -0.05) is 6.07 Å². The van der Waals surface area contributed by atoms with Crippen molar-refractivity contribution in [1.29, 1.82) is 0 Å². The van der Waals surface area contributed by atoms with Crippen molar-refractivity contribution in [3.8, 4) is 11.5 Å². The fraction of sp³-hybridized carbons (Fsp3) is 0.562. The Morgan fingerprint density at radius 2 is 2.00 bits per heavy atom. The maximum atomic E-state index is 12.4. The number of piperidine rings is 1. The van der Waals surface area contributed by atoms with Crippen LogP contribution in [0.5, 0.6) is 11.5 Å². The summed E-state index contributed by atoms with van der Waals surface area (Å²) < 4.78 is 10.6. The monoisotopic (exact) mass is 307 g/mol. The molecule has 120 valence electrons. The van der Waals surface area contributed by atoms with Crippen molar-refractivity contribution < 1.29 is 24.5 Å². The van der Waals surface area contributed by atoms with E-state index in [0.29, 0.717) is 25.3 Å². The number of likely N-dealkylation sites (tertiary alicyclic amines) is 1. The summed E-state index contributed by atoms with van der Waals surface area (Å²) in [4.78, 5) is 14.2. The van der Waals surface area contributed by atoms with Crippen molar-refractivity contribution >= 4 is 5.91 Å². The van der Waals surface area contributed by atoms with Crippen molar-refractivity contribution in [1.82, 2.24) is 4.90 Å². The number of carbonyl (C=O) groups is 1. The van der Waals surface area contributed by atoms with Crippen molar-refractivity contribution in [3.05, 3.63) is 23.8 Å². The topological polar surface area (TPSA) is 79.2 Å². The zero-order valence-electron chi connectivity index (χ0n) is 12.4. The summed E-state index contributed by atoms with van der Waals surface area (Å²) in [6.45, 7) is 1.28. The van der Waals surface area contributed by atoms with Crippen LogP contribution in [-0.2, 0) is 11.2 Å². The lowest BCUT2D eigenvalue weighted by Gasteiger charge is -2.33. The lowest BCUT2D eigenvalue weighted by Crippen LogP contribution is -2.42. The van der Waals surface area contributed by atoms with Gasteiger partial charge in [0.2, 0.25) is 12.7 Å². The Labute approximate surface area is 129 Å². The van der Waals surface area contributed by atoms with Crippen LogP contribution in [0.3, 0.4) is 0 Å². The second kappa shape index (κ2) is 6.54. The zero-order chi connectivity index (χ0) is 15.5. The summed E-state index contributed by atoms with van der Waals surface area (Å²) in [5.41, 5.74) is 0.909. The Morgan fingerprint density at radius 3 is 2.73 bits per heavy atom. The SMILES string of the molecule is O=C(Cc1ccc2c(c1)OCO2)N1CCC(C(O)CO)CC1. The van der Waals surface area contributed by atoms with Gasteiger partial charge in [-0.15, -0.1) is 0 Å². The van der Waals surface area contributed by atoms with Crippen LogP contribution < -0.4 is 9.47 Å². The third-order valence-corrected chi connectivity index (χ3v) is 4.42. The standard InChI is InChI=1S/C16H21NO5/c18-9-13(19)12-3-5-17(6-4-12)16(20)8-11-1-2-14-15(7-11)22-10-21-14/h1-2,7,12-13,18-19H,3-6,8-10H2. The number of aliphatic hydroxyl groups excluding tert-OH is 2. The van der Waals surface area contributed by atoms with Gasteiger partial charge in [0.1, 0.15) is 0 Å². The molecule has 6 nitrogen and oxygen atoms in total. The number of rotatable bonds is 4. The molecule has 2 aliphatic heterocycles. The number of nitrogens with zero attached hydrogens (tertiary/aromatic N) is 1. The molecule has 2 N–H and O–H groups in total. The molecular weight excluding hydrogens is 286 g/mol. The highest BCUT2D eigenvalue weighted by atomic mass is 16.7. The van der Waals surface area contributed by atoms with Gasteiger partial charge in [0.25, 0.3) is 0 Å². The van der Waals surface area contributed by atoms with Crippen molar-refractivity contribution in [2.24, 2.45) is 5.92 Å². The molecule has 0 saturated carbocycles. The largest absolute Gasteiger partial charge is 0.454 e. The molecule has 2 aliphatic rings. The average molecular weight is 307 g/mol. The van der Waals surface area contributed by atoms with Crippen molar-refractivity contribution in [3.63, 3.8) is 0 Å². The maximum absolute atomic E-state index is 12.4. The van der Waals surface area contributed by atoms with Gasteiger partial charge in [0, 0.05) is 13.1 Å². The molecule has 1 unspecified atom stereocenters. The van der Waals surface area contributed by atoms with E-state index in [1.807, 2.05) is 23.1 Å². The second-order valence-electron chi connectivity index (χ2n) is 5.83. The van der Waals surface area contributed by atoms with Crippen LogP contribution in [-0.4, -0.2) is 53.6 Å². The summed E-state index contributed by atoms with van der Waals surface area (Å²) in [7, 11) is 0. The Morgan fingerprint density at radius 1 is 1.27 bits per heavy atom. The highest BCUT2D eigenvalue weighted by Gasteiger charge is 2.27. The lowest BCUT2D eigenvalue weighted by molar-refractivity contribution is -0.132. The van der Waals surface area contributed by atoms with E-state index in [9.17, 15) is 9.90 Å². The van der Waals surface area contributed by atoms with Crippen LogP contribution in [0, 0.1) is 5.92 Å². The van der Waals surface area contributed by atoms with Gasteiger partial charge in [-0.25, -0.2) is 0 Å². The average Bonchev–Trinajstić information content (AvgIpc) is 3.02. The molecule has 1 aromatic carbocycles. The molecule has 22 heavy (non-hydrogen) atoms. The highest BCUT2D eigenvalue weighted by molar-refractivity contribution is 5.79. The van der Waals surface area contributed by atoms with E-state index in [1.54, 1.807) is 0 Å². The van der Waals surface area contributed by atoms with Gasteiger partial charge in [-0.05, 0) is 36.5 Å². The normalized spacial score (nSPS) is 19.3. The number of hydrogen-bond acceptors (Lipinski definition) is 5. The predicted octanol–water partition coefficient (Wildman–Crippen LogP) is 0.550. The third-order valence-electron chi connectivity index (χ3n) is 4.42. The first-order valence-electron chi connectivity index (χ1n) is 7.62. The molecule has 1 saturated heterocycles. The third kappa shape index (κ3) is 3.18. The van der Waals surface area contributed by atoms with Crippen LogP contribution in [0.1, 0.15) is 18.4 Å². The summed E-state index contributed by atoms with van der Waals surface area (Å²) in [6, 6.07) is 5.56. The van der Waals surface area contributed by atoms with Crippen LogP contribution in [0.4, 0.5) is 0 Å². The molecule has 2 heterocycles. The molecule has 6 heteroatoms. The summed E-state index contributed by atoms with van der Waals surface area (Å²) >= 11 is 0. The highest BCUT2D eigenvalue weighted by Crippen LogP contribution is 2.32. The first-order chi connectivity index (χ1) is 10.7. The van der Waals surface area contributed by atoms with Gasteiger partial charge in [-0.3, -0.25) is 4.79 Å². The van der Waals surface area contributed by atoms with E-state index < -0.39 is 6.10 Å². The molecule has 1 atom stereocenters. The molecule has 0 aromatic heterocycles. The summed E-state index contributed by atoms with van der Waals surface area (Å²) in [5, 5.41) is 18.6. The number of hydrogen-bond donors (Lipinski definition) is 2. The minimum absolute atomic E-state index is 0.0794. The Hall–Kier alpha value is -1.79.